The van der Waals surface area contributed by atoms with Gasteiger partial charge in [-0.15, -0.1) is 0 Å². The number of urea groups is 1. The van der Waals surface area contributed by atoms with Gasteiger partial charge in [0.05, 0.1) is 6.04 Å². The van der Waals surface area contributed by atoms with Crippen LogP contribution in [0.2, 0.25) is 0 Å². The van der Waals surface area contributed by atoms with Gasteiger partial charge in [-0.1, -0.05) is 18.2 Å². The second-order valence-electron chi connectivity index (χ2n) is 6.16. The Morgan fingerprint density at radius 1 is 1.00 bits per heavy atom. The lowest BCUT2D eigenvalue weighted by Gasteiger charge is -2.37. The molecule has 6 heteroatoms. The van der Waals surface area contributed by atoms with E-state index in [9.17, 15) is 9.59 Å². The first-order chi connectivity index (χ1) is 11.0. The van der Waals surface area contributed by atoms with Crippen molar-refractivity contribution in [1.82, 2.24) is 15.1 Å². The Morgan fingerprint density at radius 3 is 2.17 bits per heavy atom. The molecule has 0 aromatic heterocycles. The summed E-state index contributed by atoms with van der Waals surface area (Å²) in [5.74, 6) is 0.0437. The summed E-state index contributed by atoms with van der Waals surface area (Å²) in [5.41, 5.74) is 0.796. The molecule has 1 atom stereocenters. The molecule has 3 amide bonds. The van der Waals surface area contributed by atoms with Crippen LogP contribution in [0.4, 0.5) is 10.5 Å². The molecule has 1 aliphatic rings. The minimum absolute atomic E-state index is 0.0437. The van der Waals surface area contributed by atoms with E-state index in [0.717, 1.165) is 5.69 Å². The number of rotatable bonds is 4. The lowest BCUT2D eigenvalue weighted by Crippen LogP contribution is -2.56. The zero-order chi connectivity index (χ0) is 16.8. The van der Waals surface area contributed by atoms with Crippen LogP contribution in [-0.4, -0.2) is 60.0 Å². The molecule has 0 radical (unpaired) electrons. The highest BCUT2D eigenvalue weighted by Gasteiger charge is 2.27. The van der Waals surface area contributed by atoms with Gasteiger partial charge in [-0.2, -0.15) is 0 Å². The third-order valence-corrected chi connectivity index (χ3v) is 3.98. The summed E-state index contributed by atoms with van der Waals surface area (Å²) in [6, 6.07) is 9.32. The number of hydrogen-bond donors (Lipinski definition) is 2. The maximum absolute atomic E-state index is 12.2. The largest absolute Gasteiger partial charge is 0.353 e. The fraction of sp³-hybridized carbons (Fsp3) is 0.529. The van der Waals surface area contributed by atoms with Crippen LogP contribution in [0.1, 0.15) is 20.8 Å². The number of nitrogens with zero attached hydrogens (tertiary/aromatic N) is 2. The number of carbonyl (C=O) groups is 2. The van der Waals surface area contributed by atoms with Gasteiger partial charge in [0, 0.05) is 37.9 Å². The molecule has 0 saturated carbocycles. The van der Waals surface area contributed by atoms with E-state index >= 15 is 0 Å². The van der Waals surface area contributed by atoms with Gasteiger partial charge in [0.2, 0.25) is 5.91 Å². The van der Waals surface area contributed by atoms with E-state index in [2.05, 4.69) is 15.5 Å². The van der Waals surface area contributed by atoms with Crippen molar-refractivity contribution in [3.8, 4) is 0 Å². The Bertz CT molecular complexity index is 525. The highest BCUT2D eigenvalue weighted by Crippen LogP contribution is 2.10. The van der Waals surface area contributed by atoms with E-state index in [-0.39, 0.29) is 24.0 Å². The molecular formula is C17H26N4O2. The van der Waals surface area contributed by atoms with Gasteiger partial charge in [0.1, 0.15) is 0 Å². The quantitative estimate of drug-likeness (QED) is 0.889. The van der Waals surface area contributed by atoms with Gasteiger partial charge in [-0.25, -0.2) is 4.79 Å². The van der Waals surface area contributed by atoms with Crippen LogP contribution in [0, 0.1) is 0 Å². The SMILES string of the molecule is CC(C)NC(=O)C(C)N1CCN(C(=O)Nc2ccccc2)CC1. The Labute approximate surface area is 137 Å². The number of amides is 3. The number of benzene rings is 1. The van der Waals surface area contributed by atoms with Crippen LogP contribution in [-0.2, 0) is 4.79 Å². The van der Waals surface area contributed by atoms with Gasteiger partial charge in [-0.05, 0) is 32.9 Å². The molecule has 1 saturated heterocycles. The van der Waals surface area contributed by atoms with Crippen molar-refractivity contribution in [2.45, 2.75) is 32.9 Å². The van der Waals surface area contributed by atoms with Crippen molar-refractivity contribution in [2.24, 2.45) is 0 Å². The molecule has 1 heterocycles. The molecule has 0 bridgehead atoms. The molecule has 0 spiro atoms. The van der Waals surface area contributed by atoms with Crippen molar-refractivity contribution in [3.05, 3.63) is 30.3 Å². The summed E-state index contributed by atoms with van der Waals surface area (Å²) in [6.07, 6.45) is 0. The smallest absolute Gasteiger partial charge is 0.321 e. The topological polar surface area (TPSA) is 64.7 Å². The first-order valence-corrected chi connectivity index (χ1v) is 8.13. The number of piperazine rings is 1. The normalized spacial score (nSPS) is 17.0. The monoisotopic (exact) mass is 318 g/mol. The lowest BCUT2D eigenvalue weighted by atomic mass is 10.2. The minimum atomic E-state index is -0.170. The molecule has 1 fully saturated rings. The summed E-state index contributed by atoms with van der Waals surface area (Å²) in [7, 11) is 0. The Balaban J connectivity index is 1.81. The van der Waals surface area contributed by atoms with Crippen LogP contribution >= 0.6 is 0 Å². The van der Waals surface area contributed by atoms with Crippen molar-refractivity contribution in [2.75, 3.05) is 31.5 Å². The average Bonchev–Trinajstić information content (AvgIpc) is 2.54. The Morgan fingerprint density at radius 2 is 1.61 bits per heavy atom. The molecule has 1 aliphatic heterocycles. The number of carbonyl (C=O) groups excluding carboxylic acids is 2. The van der Waals surface area contributed by atoms with E-state index in [1.54, 1.807) is 4.90 Å². The van der Waals surface area contributed by atoms with Crippen molar-refractivity contribution in [1.29, 1.82) is 0 Å². The minimum Gasteiger partial charge on any atom is -0.353 e. The van der Waals surface area contributed by atoms with Crippen LogP contribution in [0.15, 0.2) is 30.3 Å². The van der Waals surface area contributed by atoms with Gasteiger partial charge in [-0.3, -0.25) is 9.69 Å². The zero-order valence-electron chi connectivity index (χ0n) is 14.1. The highest BCUT2D eigenvalue weighted by atomic mass is 16.2. The zero-order valence-corrected chi connectivity index (χ0v) is 14.1. The van der Waals surface area contributed by atoms with E-state index in [1.165, 1.54) is 0 Å². The molecule has 1 unspecified atom stereocenters. The second-order valence-corrected chi connectivity index (χ2v) is 6.16. The van der Waals surface area contributed by atoms with Crippen molar-refractivity contribution < 1.29 is 9.59 Å². The lowest BCUT2D eigenvalue weighted by molar-refractivity contribution is -0.126. The van der Waals surface area contributed by atoms with E-state index in [4.69, 9.17) is 0 Å². The number of nitrogens with one attached hydrogen (secondary N) is 2. The predicted molar refractivity (Wildman–Crippen MR) is 91.3 cm³/mol. The van der Waals surface area contributed by atoms with Gasteiger partial charge < -0.3 is 15.5 Å². The first-order valence-electron chi connectivity index (χ1n) is 8.13. The van der Waals surface area contributed by atoms with Gasteiger partial charge >= 0.3 is 6.03 Å². The fourth-order valence-electron chi connectivity index (χ4n) is 2.61. The number of para-hydroxylation sites is 1. The third-order valence-electron chi connectivity index (χ3n) is 3.98. The molecular weight excluding hydrogens is 292 g/mol. The maximum Gasteiger partial charge on any atom is 0.321 e. The first kappa shape index (κ1) is 17.3. The van der Waals surface area contributed by atoms with E-state index in [1.807, 2.05) is 51.1 Å². The van der Waals surface area contributed by atoms with Gasteiger partial charge in [0.25, 0.3) is 0 Å². The molecule has 1 aromatic carbocycles. The summed E-state index contributed by atoms with van der Waals surface area (Å²) in [5, 5.41) is 5.83. The maximum atomic E-state index is 12.2. The third kappa shape index (κ3) is 4.96. The second kappa shape index (κ2) is 7.97. The van der Waals surface area contributed by atoms with Crippen LogP contribution in [0.3, 0.4) is 0 Å². The van der Waals surface area contributed by atoms with E-state index in [0.29, 0.717) is 26.2 Å². The highest BCUT2D eigenvalue weighted by molar-refractivity contribution is 5.89. The van der Waals surface area contributed by atoms with Crippen LogP contribution in [0.25, 0.3) is 0 Å². The predicted octanol–water partition coefficient (Wildman–Crippen LogP) is 1.75. The summed E-state index contributed by atoms with van der Waals surface area (Å²) >= 11 is 0. The summed E-state index contributed by atoms with van der Waals surface area (Å²) < 4.78 is 0. The van der Waals surface area contributed by atoms with Crippen LogP contribution in [0.5, 0.6) is 0 Å². The van der Waals surface area contributed by atoms with Crippen LogP contribution < -0.4 is 10.6 Å². The molecule has 23 heavy (non-hydrogen) atoms. The Kier molecular flexibility index (Phi) is 5.98. The molecule has 126 valence electrons. The molecule has 1 aromatic rings. The van der Waals surface area contributed by atoms with E-state index < -0.39 is 0 Å². The molecule has 0 aliphatic carbocycles. The number of anilines is 1. The summed E-state index contributed by atoms with van der Waals surface area (Å²) in [6.45, 7) is 8.48. The Hall–Kier alpha value is -2.08. The van der Waals surface area contributed by atoms with Crippen molar-refractivity contribution >= 4 is 17.6 Å². The molecule has 6 nitrogen and oxygen atoms in total. The average molecular weight is 318 g/mol. The number of hydrogen-bond acceptors (Lipinski definition) is 3. The molecule has 2 N–H and O–H groups in total. The fourth-order valence-corrected chi connectivity index (χ4v) is 2.61. The molecule has 2 rings (SSSR count). The summed E-state index contributed by atoms with van der Waals surface area (Å²) in [4.78, 5) is 28.2. The standard InChI is InChI=1S/C17H26N4O2/c1-13(2)18-16(22)14(3)20-9-11-21(12-10-20)17(23)19-15-7-5-4-6-8-15/h4-8,13-14H,9-12H2,1-3H3,(H,18,22)(H,19,23). The van der Waals surface area contributed by atoms with Gasteiger partial charge in [0.15, 0.2) is 0 Å². The van der Waals surface area contributed by atoms with Crippen molar-refractivity contribution in [3.63, 3.8) is 0 Å².